The molecule has 2 aromatic rings. The number of aromatic nitrogens is 2. The molecule has 0 radical (unpaired) electrons. The van der Waals surface area contributed by atoms with Crippen molar-refractivity contribution in [2.45, 2.75) is 33.4 Å². The van der Waals surface area contributed by atoms with Crippen molar-refractivity contribution in [2.24, 2.45) is 5.92 Å². The summed E-state index contributed by atoms with van der Waals surface area (Å²) in [5.74, 6) is 1.39. The van der Waals surface area contributed by atoms with Crippen molar-refractivity contribution in [3.05, 3.63) is 40.4 Å². The lowest BCUT2D eigenvalue weighted by molar-refractivity contribution is 0.405. The Bertz CT molecular complexity index is 536. The van der Waals surface area contributed by atoms with Crippen LogP contribution in [0, 0.1) is 12.8 Å². The van der Waals surface area contributed by atoms with Gasteiger partial charge in [-0.2, -0.15) is 0 Å². The molecule has 2 rings (SSSR count). The van der Waals surface area contributed by atoms with Gasteiger partial charge in [-0.1, -0.05) is 30.5 Å². The molecule has 0 aliphatic heterocycles. The molecule has 0 fully saturated rings. The first kappa shape index (κ1) is 14.9. The minimum atomic E-state index is 0.308. The predicted octanol–water partition coefficient (Wildman–Crippen LogP) is 3.34. The number of ether oxygens (including phenoxy) is 1. The molecular formula is C15H21N3OS. The highest BCUT2D eigenvalue weighted by Gasteiger charge is 2.16. The Hall–Kier alpha value is -1.46. The van der Waals surface area contributed by atoms with E-state index in [2.05, 4.69) is 40.9 Å². The minimum absolute atomic E-state index is 0.308. The average Bonchev–Trinajstić information content (AvgIpc) is 2.85. The van der Waals surface area contributed by atoms with Gasteiger partial charge in [0.1, 0.15) is 5.75 Å². The van der Waals surface area contributed by atoms with Gasteiger partial charge in [-0.3, -0.25) is 0 Å². The van der Waals surface area contributed by atoms with Crippen molar-refractivity contribution >= 4 is 11.5 Å². The van der Waals surface area contributed by atoms with Gasteiger partial charge in [0, 0.05) is 12.6 Å². The number of rotatable bonds is 6. The van der Waals surface area contributed by atoms with E-state index in [1.165, 1.54) is 22.0 Å². The first-order chi connectivity index (χ1) is 9.61. The molecule has 108 valence electrons. The quantitative estimate of drug-likeness (QED) is 0.886. The second-order valence-electron chi connectivity index (χ2n) is 5.16. The molecule has 0 bridgehead atoms. The number of nitrogens with one attached hydrogen (secondary N) is 1. The Morgan fingerprint density at radius 1 is 1.25 bits per heavy atom. The van der Waals surface area contributed by atoms with E-state index in [9.17, 15) is 0 Å². The second kappa shape index (κ2) is 6.81. The molecule has 0 spiro atoms. The summed E-state index contributed by atoms with van der Waals surface area (Å²) in [6.07, 6.45) is 0. The second-order valence-corrected chi connectivity index (χ2v) is 6.00. The zero-order chi connectivity index (χ0) is 14.5. The number of methoxy groups -OCH3 is 1. The van der Waals surface area contributed by atoms with Gasteiger partial charge in [0.2, 0.25) is 0 Å². The van der Waals surface area contributed by atoms with E-state index in [-0.39, 0.29) is 0 Å². The maximum absolute atomic E-state index is 5.21. The van der Waals surface area contributed by atoms with Gasteiger partial charge in [-0.25, -0.2) is 0 Å². The van der Waals surface area contributed by atoms with Gasteiger partial charge in [-0.15, -0.1) is 5.10 Å². The Labute approximate surface area is 124 Å². The first-order valence-electron chi connectivity index (χ1n) is 6.77. The van der Waals surface area contributed by atoms with Crippen molar-refractivity contribution in [3.8, 4) is 5.75 Å². The van der Waals surface area contributed by atoms with Gasteiger partial charge in [-0.05, 0) is 42.1 Å². The highest BCUT2D eigenvalue weighted by molar-refractivity contribution is 7.05. The Balaban J connectivity index is 2.08. The average molecular weight is 291 g/mol. The van der Waals surface area contributed by atoms with E-state index in [0.29, 0.717) is 12.0 Å². The number of nitrogens with zero attached hydrogens (tertiary/aromatic N) is 2. The van der Waals surface area contributed by atoms with Crippen LogP contribution in [-0.4, -0.2) is 16.7 Å². The smallest absolute Gasteiger partial charge is 0.118 e. The molecule has 0 aliphatic carbocycles. The zero-order valence-electron chi connectivity index (χ0n) is 12.4. The third kappa shape index (κ3) is 3.55. The lowest BCUT2D eigenvalue weighted by atomic mass is 9.96. The van der Waals surface area contributed by atoms with Crippen LogP contribution in [-0.2, 0) is 6.54 Å². The Kier molecular flexibility index (Phi) is 5.09. The summed E-state index contributed by atoms with van der Waals surface area (Å²) >= 11 is 1.46. The van der Waals surface area contributed by atoms with E-state index < -0.39 is 0 Å². The van der Waals surface area contributed by atoms with Gasteiger partial charge >= 0.3 is 0 Å². The number of benzene rings is 1. The fraction of sp³-hybridized carbons (Fsp3) is 0.467. The third-order valence-corrected chi connectivity index (χ3v) is 4.19. The minimum Gasteiger partial charge on any atom is -0.497 e. The first-order valence-corrected chi connectivity index (χ1v) is 7.54. The van der Waals surface area contributed by atoms with Crippen LogP contribution in [0.25, 0.3) is 0 Å². The van der Waals surface area contributed by atoms with Crippen LogP contribution >= 0.6 is 11.5 Å². The summed E-state index contributed by atoms with van der Waals surface area (Å²) in [6, 6.07) is 8.56. The lowest BCUT2D eigenvalue weighted by Gasteiger charge is -2.23. The van der Waals surface area contributed by atoms with Crippen molar-refractivity contribution in [1.82, 2.24) is 14.9 Å². The number of hydrogen-bond acceptors (Lipinski definition) is 5. The summed E-state index contributed by atoms with van der Waals surface area (Å²) in [5.41, 5.74) is 2.29. The molecule has 1 heterocycles. The summed E-state index contributed by atoms with van der Waals surface area (Å²) in [5, 5.41) is 7.65. The summed E-state index contributed by atoms with van der Waals surface area (Å²) in [6.45, 7) is 7.25. The highest BCUT2D eigenvalue weighted by Crippen LogP contribution is 2.24. The van der Waals surface area contributed by atoms with Crippen LogP contribution in [0.2, 0.25) is 0 Å². The summed E-state index contributed by atoms with van der Waals surface area (Å²) in [7, 11) is 1.69. The van der Waals surface area contributed by atoms with Gasteiger partial charge < -0.3 is 10.1 Å². The molecule has 0 saturated carbocycles. The Morgan fingerprint density at radius 2 is 1.95 bits per heavy atom. The molecule has 1 N–H and O–H groups in total. The molecule has 20 heavy (non-hydrogen) atoms. The SMILES string of the molecule is COc1ccc(C(NCc2snnc2C)C(C)C)cc1. The maximum Gasteiger partial charge on any atom is 0.118 e. The zero-order valence-corrected chi connectivity index (χ0v) is 13.2. The van der Waals surface area contributed by atoms with E-state index >= 15 is 0 Å². The van der Waals surface area contributed by atoms with Crippen molar-refractivity contribution in [3.63, 3.8) is 0 Å². The maximum atomic E-state index is 5.21. The van der Waals surface area contributed by atoms with E-state index in [4.69, 9.17) is 4.74 Å². The molecule has 1 unspecified atom stereocenters. The summed E-state index contributed by atoms with van der Waals surface area (Å²) < 4.78 is 9.18. The van der Waals surface area contributed by atoms with Crippen molar-refractivity contribution in [2.75, 3.05) is 7.11 Å². The van der Waals surface area contributed by atoms with Gasteiger partial charge in [0.15, 0.2) is 0 Å². The van der Waals surface area contributed by atoms with Crippen molar-refractivity contribution in [1.29, 1.82) is 0 Å². The van der Waals surface area contributed by atoms with Crippen LogP contribution < -0.4 is 10.1 Å². The molecule has 1 aromatic heterocycles. The highest BCUT2D eigenvalue weighted by atomic mass is 32.1. The molecule has 5 heteroatoms. The fourth-order valence-electron chi connectivity index (χ4n) is 2.17. The number of aryl methyl sites for hydroxylation is 1. The number of hydrogen-bond donors (Lipinski definition) is 1. The van der Waals surface area contributed by atoms with E-state index in [1.54, 1.807) is 7.11 Å². The predicted molar refractivity (Wildman–Crippen MR) is 82.1 cm³/mol. The Morgan fingerprint density at radius 3 is 2.45 bits per heavy atom. The van der Waals surface area contributed by atoms with E-state index in [1.807, 2.05) is 19.1 Å². The molecule has 1 aromatic carbocycles. The monoisotopic (exact) mass is 291 g/mol. The van der Waals surface area contributed by atoms with Gasteiger partial charge in [0.05, 0.1) is 17.7 Å². The fourth-order valence-corrected chi connectivity index (χ4v) is 2.75. The molecule has 0 saturated heterocycles. The molecule has 1 atom stereocenters. The van der Waals surface area contributed by atoms with E-state index in [0.717, 1.165) is 18.0 Å². The summed E-state index contributed by atoms with van der Waals surface area (Å²) in [4.78, 5) is 1.20. The van der Waals surface area contributed by atoms with Crippen LogP contribution in [0.15, 0.2) is 24.3 Å². The van der Waals surface area contributed by atoms with Crippen LogP contribution in [0.3, 0.4) is 0 Å². The standard InChI is InChI=1S/C15H21N3OS/c1-10(2)15(12-5-7-13(19-4)8-6-12)16-9-14-11(3)17-18-20-14/h5-8,10,15-16H,9H2,1-4H3. The molecule has 0 aliphatic rings. The van der Waals surface area contributed by atoms with Crippen molar-refractivity contribution < 1.29 is 4.74 Å². The molecular weight excluding hydrogens is 270 g/mol. The third-order valence-electron chi connectivity index (χ3n) is 3.37. The lowest BCUT2D eigenvalue weighted by Crippen LogP contribution is -2.25. The largest absolute Gasteiger partial charge is 0.497 e. The van der Waals surface area contributed by atoms with Crippen LogP contribution in [0.1, 0.15) is 36.0 Å². The van der Waals surface area contributed by atoms with Gasteiger partial charge in [0.25, 0.3) is 0 Å². The molecule has 0 amide bonds. The van der Waals surface area contributed by atoms with Crippen LogP contribution in [0.4, 0.5) is 0 Å². The topological polar surface area (TPSA) is 47.0 Å². The normalized spacial score (nSPS) is 12.7. The van der Waals surface area contributed by atoms with Crippen LogP contribution in [0.5, 0.6) is 5.75 Å². The molecule has 4 nitrogen and oxygen atoms in total.